The predicted octanol–water partition coefficient (Wildman–Crippen LogP) is 0.984. The van der Waals surface area contributed by atoms with Crippen LogP contribution < -0.4 is 5.73 Å². The second-order valence-electron chi connectivity index (χ2n) is 2.65. The second-order valence-corrected chi connectivity index (χ2v) is 2.65. The first kappa shape index (κ1) is 11.4. The molecule has 1 fully saturated rings. The summed E-state index contributed by atoms with van der Waals surface area (Å²) in [5.41, 5.74) is 5.21. The molecule has 0 aromatic carbocycles. The zero-order valence-electron chi connectivity index (χ0n) is 8.18. The molecule has 72 valence electrons. The first-order valence-electron chi connectivity index (χ1n) is 4.82. The van der Waals surface area contributed by atoms with Crippen molar-refractivity contribution in [2.45, 2.75) is 33.1 Å². The van der Waals surface area contributed by atoms with Crippen LogP contribution in [0.5, 0.6) is 0 Å². The highest BCUT2D eigenvalue weighted by atomic mass is 16.2. The standard InChI is InChI=1S/C7H14N2O.C2H6/c8-6-7(10)9-4-2-1-3-5-9;1-2/h1-6,8H2;1-2H3. The Labute approximate surface area is 74.9 Å². The van der Waals surface area contributed by atoms with Gasteiger partial charge in [-0.2, -0.15) is 0 Å². The fourth-order valence-corrected chi connectivity index (χ4v) is 1.27. The number of rotatable bonds is 1. The van der Waals surface area contributed by atoms with E-state index in [0.29, 0.717) is 0 Å². The molecule has 1 heterocycles. The van der Waals surface area contributed by atoms with Gasteiger partial charge in [-0.05, 0) is 19.3 Å². The van der Waals surface area contributed by atoms with Crippen LogP contribution >= 0.6 is 0 Å². The molecule has 1 aliphatic rings. The van der Waals surface area contributed by atoms with Crippen molar-refractivity contribution in [1.82, 2.24) is 4.90 Å². The van der Waals surface area contributed by atoms with E-state index < -0.39 is 0 Å². The quantitative estimate of drug-likeness (QED) is 0.641. The molecule has 0 bridgehead atoms. The van der Waals surface area contributed by atoms with Crippen molar-refractivity contribution in [3.05, 3.63) is 0 Å². The molecular weight excluding hydrogens is 152 g/mol. The third-order valence-corrected chi connectivity index (χ3v) is 1.88. The Morgan fingerprint density at radius 1 is 1.25 bits per heavy atom. The SMILES string of the molecule is CC.NCC(=O)N1CCCCC1. The van der Waals surface area contributed by atoms with Crippen LogP contribution in [0.2, 0.25) is 0 Å². The maximum absolute atomic E-state index is 11.0. The van der Waals surface area contributed by atoms with Crippen molar-refractivity contribution in [2.24, 2.45) is 5.73 Å². The lowest BCUT2D eigenvalue weighted by Gasteiger charge is -2.25. The van der Waals surface area contributed by atoms with Crippen molar-refractivity contribution in [3.8, 4) is 0 Å². The predicted molar refractivity (Wildman–Crippen MR) is 50.8 cm³/mol. The van der Waals surface area contributed by atoms with Crippen LogP contribution in [0.3, 0.4) is 0 Å². The van der Waals surface area contributed by atoms with Gasteiger partial charge in [0.25, 0.3) is 0 Å². The summed E-state index contributed by atoms with van der Waals surface area (Å²) in [5, 5.41) is 0. The Balaban J connectivity index is 0.000000561. The molecule has 12 heavy (non-hydrogen) atoms. The first-order chi connectivity index (χ1) is 5.84. The highest BCUT2D eigenvalue weighted by Gasteiger charge is 2.13. The summed E-state index contributed by atoms with van der Waals surface area (Å²) in [7, 11) is 0. The second kappa shape index (κ2) is 7.10. The Bertz CT molecular complexity index is 120. The van der Waals surface area contributed by atoms with Crippen molar-refractivity contribution in [1.29, 1.82) is 0 Å². The lowest BCUT2D eigenvalue weighted by Crippen LogP contribution is -2.39. The molecule has 0 radical (unpaired) electrons. The van der Waals surface area contributed by atoms with Crippen LogP contribution in [0.15, 0.2) is 0 Å². The number of likely N-dealkylation sites (tertiary alicyclic amines) is 1. The monoisotopic (exact) mass is 172 g/mol. The topological polar surface area (TPSA) is 46.3 Å². The molecule has 0 saturated carbocycles. The van der Waals surface area contributed by atoms with Crippen LogP contribution in [0.4, 0.5) is 0 Å². The Hall–Kier alpha value is -0.570. The first-order valence-corrected chi connectivity index (χ1v) is 4.82. The molecule has 0 spiro atoms. The molecule has 0 unspecified atom stereocenters. The molecule has 0 aliphatic carbocycles. The fourth-order valence-electron chi connectivity index (χ4n) is 1.27. The number of nitrogens with two attached hydrogens (primary N) is 1. The highest BCUT2D eigenvalue weighted by Crippen LogP contribution is 2.07. The molecule has 0 atom stereocenters. The van der Waals surface area contributed by atoms with Gasteiger partial charge in [0.15, 0.2) is 0 Å². The molecule has 0 aromatic rings. The third-order valence-electron chi connectivity index (χ3n) is 1.88. The minimum absolute atomic E-state index is 0.0969. The zero-order chi connectivity index (χ0) is 9.40. The van der Waals surface area contributed by atoms with Gasteiger partial charge in [0.1, 0.15) is 0 Å². The number of hydrogen-bond donors (Lipinski definition) is 1. The molecule has 1 saturated heterocycles. The summed E-state index contributed by atoms with van der Waals surface area (Å²) in [6, 6.07) is 0. The number of carbonyl (C=O) groups is 1. The van der Waals surface area contributed by atoms with E-state index in [0.717, 1.165) is 25.9 Å². The van der Waals surface area contributed by atoms with E-state index >= 15 is 0 Å². The van der Waals surface area contributed by atoms with Crippen molar-refractivity contribution in [3.63, 3.8) is 0 Å². The number of hydrogen-bond acceptors (Lipinski definition) is 2. The number of nitrogens with zero attached hydrogens (tertiary/aromatic N) is 1. The van der Waals surface area contributed by atoms with Gasteiger partial charge < -0.3 is 10.6 Å². The van der Waals surface area contributed by atoms with Crippen molar-refractivity contribution < 1.29 is 4.79 Å². The highest BCUT2D eigenvalue weighted by molar-refractivity contribution is 5.78. The Kier molecular flexibility index (Phi) is 6.76. The largest absolute Gasteiger partial charge is 0.342 e. The van der Waals surface area contributed by atoms with Gasteiger partial charge in [-0.3, -0.25) is 4.79 Å². The smallest absolute Gasteiger partial charge is 0.236 e. The summed E-state index contributed by atoms with van der Waals surface area (Å²) in [5.74, 6) is 0.0969. The van der Waals surface area contributed by atoms with Crippen molar-refractivity contribution in [2.75, 3.05) is 19.6 Å². The fraction of sp³-hybridized carbons (Fsp3) is 0.889. The van der Waals surface area contributed by atoms with E-state index in [-0.39, 0.29) is 12.5 Å². The molecular formula is C9H20N2O. The molecule has 2 N–H and O–H groups in total. The average molecular weight is 172 g/mol. The van der Waals surface area contributed by atoms with Gasteiger partial charge in [-0.15, -0.1) is 0 Å². The Morgan fingerprint density at radius 3 is 2.17 bits per heavy atom. The summed E-state index contributed by atoms with van der Waals surface area (Å²) in [6.07, 6.45) is 3.55. The number of amides is 1. The van der Waals surface area contributed by atoms with Crippen LogP contribution in [0.1, 0.15) is 33.1 Å². The minimum atomic E-state index is 0.0969. The maximum atomic E-state index is 11.0. The molecule has 3 nitrogen and oxygen atoms in total. The summed E-state index contributed by atoms with van der Waals surface area (Å²) >= 11 is 0. The van der Waals surface area contributed by atoms with Gasteiger partial charge in [-0.25, -0.2) is 0 Å². The normalized spacial score (nSPS) is 16.4. The number of piperidine rings is 1. The average Bonchev–Trinajstić information content (AvgIpc) is 2.21. The van der Waals surface area contributed by atoms with E-state index in [1.54, 1.807) is 0 Å². The summed E-state index contributed by atoms with van der Waals surface area (Å²) in [4.78, 5) is 12.8. The molecule has 1 amide bonds. The minimum Gasteiger partial charge on any atom is -0.342 e. The zero-order valence-corrected chi connectivity index (χ0v) is 8.18. The summed E-state index contributed by atoms with van der Waals surface area (Å²) < 4.78 is 0. The van der Waals surface area contributed by atoms with E-state index in [1.165, 1.54) is 6.42 Å². The van der Waals surface area contributed by atoms with E-state index in [1.807, 2.05) is 18.7 Å². The maximum Gasteiger partial charge on any atom is 0.236 e. The lowest BCUT2D eigenvalue weighted by molar-refractivity contribution is -0.130. The van der Waals surface area contributed by atoms with Gasteiger partial charge in [0.05, 0.1) is 6.54 Å². The van der Waals surface area contributed by atoms with Gasteiger partial charge >= 0.3 is 0 Å². The van der Waals surface area contributed by atoms with E-state index in [2.05, 4.69) is 0 Å². The van der Waals surface area contributed by atoms with E-state index in [4.69, 9.17) is 5.73 Å². The van der Waals surface area contributed by atoms with Crippen LogP contribution in [0.25, 0.3) is 0 Å². The van der Waals surface area contributed by atoms with Gasteiger partial charge in [0, 0.05) is 13.1 Å². The van der Waals surface area contributed by atoms with Crippen LogP contribution in [-0.4, -0.2) is 30.4 Å². The number of carbonyl (C=O) groups excluding carboxylic acids is 1. The molecule has 3 heteroatoms. The van der Waals surface area contributed by atoms with Gasteiger partial charge in [0.2, 0.25) is 5.91 Å². The molecule has 0 aromatic heterocycles. The molecule has 1 aliphatic heterocycles. The van der Waals surface area contributed by atoms with Crippen molar-refractivity contribution >= 4 is 5.91 Å². The van der Waals surface area contributed by atoms with Crippen LogP contribution in [-0.2, 0) is 4.79 Å². The van der Waals surface area contributed by atoms with E-state index in [9.17, 15) is 4.79 Å². The summed E-state index contributed by atoms with van der Waals surface area (Å²) in [6.45, 7) is 5.99. The third kappa shape index (κ3) is 3.72. The Morgan fingerprint density at radius 2 is 1.75 bits per heavy atom. The van der Waals surface area contributed by atoms with Crippen LogP contribution in [0, 0.1) is 0 Å². The molecule has 1 rings (SSSR count). The lowest BCUT2D eigenvalue weighted by atomic mass is 10.1. The van der Waals surface area contributed by atoms with Gasteiger partial charge in [-0.1, -0.05) is 13.8 Å².